The molecule has 0 aliphatic carbocycles. The van der Waals surface area contributed by atoms with Crippen LogP contribution in [0.2, 0.25) is 0 Å². The van der Waals surface area contributed by atoms with Gasteiger partial charge in [-0.1, -0.05) is 13.8 Å². The minimum atomic E-state index is 0.134. The fourth-order valence-electron chi connectivity index (χ4n) is 2.92. The van der Waals surface area contributed by atoms with E-state index >= 15 is 0 Å². The molecule has 23 heavy (non-hydrogen) atoms. The van der Waals surface area contributed by atoms with Gasteiger partial charge in [-0.05, 0) is 38.6 Å². The van der Waals surface area contributed by atoms with Crippen molar-refractivity contribution in [3.63, 3.8) is 0 Å². The molecule has 5 nitrogen and oxygen atoms in total. The van der Waals surface area contributed by atoms with Crippen molar-refractivity contribution in [1.29, 1.82) is 0 Å². The standard InChI is InChI=1S/C18H31N3O2/c1-6-14(2)16-7-8-18(17(19-16)12-20(3)4)21-9-10-23-15(11-21)13-22-5/h7-8,14-15H,6,9-13H2,1-5H3. The van der Waals surface area contributed by atoms with E-state index in [9.17, 15) is 0 Å². The van der Waals surface area contributed by atoms with Gasteiger partial charge < -0.3 is 19.3 Å². The first kappa shape index (κ1) is 18.2. The molecule has 5 heteroatoms. The first-order chi connectivity index (χ1) is 11.0. The van der Waals surface area contributed by atoms with Crippen LogP contribution in [-0.2, 0) is 16.0 Å². The van der Waals surface area contributed by atoms with Crippen LogP contribution in [0, 0.1) is 0 Å². The maximum Gasteiger partial charge on any atom is 0.0983 e. The Morgan fingerprint density at radius 3 is 2.87 bits per heavy atom. The minimum Gasteiger partial charge on any atom is -0.382 e. The molecular formula is C18H31N3O2. The summed E-state index contributed by atoms with van der Waals surface area (Å²) in [6, 6.07) is 4.42. The smallest absolute Gasteiger partial charge is 0.0983 e. The van der Waals surface area contributed by atoms with Crippen molar-refractivity contribution in [2.45, 2.75) is 38.8 Å². The van der Waals surface area contributed by atoms with Gasteiger partial charge in [-0.15, -0.1) is 0 Å². The van der Waals surface area contributed by atoms with Gasteiger partial charge in [0.1, 0.15) is 0 Å². The van der Waals surface area contributed by atoms with E-state index in [0.717, 1.165) is 38.4 Å². The maximum atomic E-state index is 5.77. The van der Waals surface area contributed by atoms with Gasteiger partial charge in [-0.25, -0.2) is 0 Å². The van der Waals surface area contributed by atoms with Gasteiger partial charge in [0, 0.05) is 32.4 Å². The third-order valence-electron chi connectivity index (χ3n) is 4.39. The molecular weight excluding hydrogens is 290 g/mol. The minimum absolute atomic E-state index is 0.134. The van der Waals surface area contributed by atoms with E-state index in [2.05, 4.69) is 49.9 Å². The van der Waals surface area contributed by atoms with Crippen molar-refractivity contribution in [1.82, 2.24) is 9.88 Å². The number of methoxy groups -OCH3 is 1. The molecule has 0 spiro atoms. The molecule has 1 aliphatic heterocycles. The predicted molar refractivity (Wildman–Crippen MR) is 94.2 cm³/mol. The van der Waals surface area contributed by atoms with Crippen LogP contribution in [0.5, 0.6) is 0 Å². The molecule has 2 atom stereocenters. The summed E-state index contributed by atoms with van der Waals surface area (Å²) in [6.07, 6.45) is 1.25. The lowest BCUT2D eigenvalue weighted by molar-refractivity contribution is -0.0101. The quantitative estimate of drug-likeness (QED) is 0.771. The van der Waals surface area contributed by atoms with Crippen LogP contribution >= 0.6 is 0 Å². The van der Waals surface area contributed by atoms with Crippen LogP contribution in [0.1, 0.15) is 37.6 Å². The zero-order valence-electron chi connectivity index (χ0n) is 15.2. The summed E-state index contributed by atoms with van der Waals surface area (Å²) < 4.78 is 11.0. The second-order valence-corrected chi connectivity index (χ2v) is 6.64. The molecule has 1 saturated heterocycles. The third-order valence-corrected chi connectivity index (χ3v) is 4.39. The number of aromatic nitrogens is 1. The van der Waals surface area contributed by atoms with E-state index in [1.807, 2.05) is 0 Å². The summed E-state index contributed by atoms with van der Waals surface area (Å²) in [6.45, 7) is 8.45. The largest absolute Gasteiger partial charge is 0.382 e. The Morgan fingerprint density at radius 1 is 1.43 bits per heavy atom. The number of nitrogens with zero attached hydrogens (tertiary/aromatic N) is 3. The molecule has 1 aromatic heterocycles. The topological polar surface area (TPSA) is 37.8 Å². The molecule has 2 heterocycles. The summed E-state index contributed by atoms with van der Waals surface area (Å²) in [7, 11) is 5.91. The number of hydrogen-bond donors (Lipinski definition) is 0. The lowest BCUT2D eigenvalue weighted by Crippen LogP contribution is -2.45. The highest BCUT2D eigenvalue weighted by Crippen LogP contribution is 2.26. The second kappa shape index (κ2) is 8.62. The Kier molecular flexibility index (Phi) is 6.81. The van der Waals surface area contributed by atoms with Crippen LogP contribution in [0.3, 0.4) is 0 Å². The number of ether oxygens (including phenoxy) is 2. The fourth-order valence-corrected chi connectivity index (χ4v) is 2.92. The fraction of sp³-hybridized carbons (Fsp3) is 0.722. The van der Waals surface area contributed by atoms with Gasteiger partial charge in [-0.3, -0.25) is 4.98 Å². The molecule has 0 radical (unpaired) electrons. The van der Waals surface area contributed by atoms with Crippen molar-refractivity contribution in [2.24, 2.45) is 0 Å². The third kappa shape index (κ3) is 4.90. The number of pyridine rings is 1. The Labute approximate surface area is 140 Å². The lowest BCUT2D eigenvalue weighted by atomic mass is 10.0. The summed E-state index contributed by atoms with van der Waals surface area (Å²) >= 11 is 0. The van der Waals surface area contributed by atoms with E-state index in [4.69, 9.17) is 14.5 Å². The summed E-state index contributed by atoms with van der Waals surface area (Å²) in [5, 5.41) is 0. The highest BCUT2D eigenvalue weighted by Gasteiger charge is 2.23. The summed E-state index contributed by atoms with van der Waals surface area (Å²) in [4.78, 5) is 9.54. The Balaban J connectivity index is 2.25. The van der Waals surface area contributed by atoms with Gasteiger partial charge in [0.25, 0.3) is 0 Å². The zero-order chi connectivity index (χ0) is 16.8. The Bertz CT molecular complexity index is 491. The van der Waals surface area contributed by atoms with Crippen molar-refractivity contribution >= 4 is 5.69 Å². The molecule has 1 aliphatic rings. The van der Waals surface area contributed by atoms with Crippen LogP contribution in [0.15, 0.2) is 12.1 Å². The number of rotatable bonds is 7. The highest BCUT2D eigenvalue weighted by molar-refractivity contribution is 5.52. The number of anilines is 1. The van der Waals surface area contributed by atoms with Crippen LogP contribution in [0.25, 0.3) is 0 Å². The predicted octanol–water partition coefficient (Wildman–Crippen LogP) is 2.51. The molecule has 2 rings (SSSR count). The first-order valence-corrected chi connectivity index (χ1v) is 8.55. The Morgan fingerprint density at radius 2 is 2.22 bits per heavy atom. The molecule has 0 amide bonds. The molecule has 130 valence electrons. The van der Waals surface area contributed by atoms with Gasteiger partial charge in [0.2, 0.25) is 0 Å². The van der Waals surface area contributed by atoms with E-state index in [-0.39, 0.29) is 6.10 Å². The molecule has 1 fully saturated rings. The maximum absolute atomic E-state index is 5.77. The highest BCUT2D eigenvalue weighted by atomic mass is 16.5. The average molecular weight is 321 g/mol. The monoisotopic (exact) mass is 321 g/mol. The summed E-state index contributed by atoms with van der Waals surface area (Å²) in [5.41, 5.74) is 3.58. The van der Waals surface area contributed by atoms with E-state index < -0.39 is 0 Å². The SMILES string of the molecule is CCC(C)c1ccc(N2CCOC(COC)C2)c(CN(C)C)n1. The normalized spacial score (nSPS) is 20.1. The molecule has 0 bridgehead atoms. The lowest BCUT2D eigenvalue weighted by Gasteiger charge is -2.35. The van der Waals surface area contributed by atoms with Gasteiger partial charge in [0.05, 0.1) is 30.7 Å². The molecule has 0 N–H and O–H groups in total. The van der Waals surface area contributed by atoms with Crippen molar-refractivity contribution < 1.29 is 9.47 Å². The van der Waals surface area contributed by atoms with Gasteiger partial charge >= 0.3 is 0 Å². The average Bonchev–Trinajstić information content (AvgIpc) is 2.54. The zero-order valence-corrected chi connectivity index (χ0v) is 15.2. The van der Waals surface area contributed by atoms with E-state index in [1.54, 1.807) is 7.11 Å². The molecule has 1 aromatic rings. The summed E-state index contributed by atoms with van der Waals surface area (Å²) in [5.74, 6) is 0.496. The van der Waals surface area contributed by atoms with Crippen LogP contribution in [-0.4, -0.2) is 63.5 Å². The first-order valence-electron chi connectivity index (χ1n) is 8.55. The van der Waals surface area contributed by atoms with Crippen LogP contribution < -0.4 is 4.90 Å². The van der Waals surface area contributed by atoms with Crippen LogP contribution in [0.4, 0.5) is 5.69 Å². The molecule has 0 aromatic carbocycles. The van der Waals surface area contributed by atoms with Crippen molar-refractivity contribution in [2.75, 3.05) is 52.4 Å². The second-order valence-electron chi connectivity index (χ2n) is 6.64. The van der Waals surface area contributed by atoms with Crippen molar-refractivity contribution in [3.8, 4) is 0 Å². The van der Waals surface area contributed by atoms with E-state index in [0.29, 0.717) is 12.5 Å². The number of morpholine rings is 1. The van der Waals surface area contributed by atoms with Gasteiger partial charge in [0.15, 0.2) is 0 Å². The van der Waals surface area contributed by atoms with E-state index in [1.165, 1.54) is 11.4 Å². The molecule has 0 saturated carbocycles. The number of hydrogen-bond acceptors (Lipinski definition) is 5. The van der Waals surface area contributed by atoms with Crippen molar-refractivity contribution in [3.05, 3.63) is 23.5 Å². The molecule has 2 unspecified atom stereocenters. The Hall–Kier alpha value is -1.17. The van der Waals surface area contributed by atoms with Gasteiger partial charge in [-0.2, -0.15) is 0 Å².